The molecule has 0 aliphatic carbocycles. The number of Topliss-reactive ketones (excluding diaryl/α,β-unsaturated/α-hetero) is 1. The van der Waals surface area contributed by atoms with Crippen molar-refractivity contribution >= 4 is 29.1 Å². The number of benzene rings is 3. The maximum atomic E-state index is 13.5. The van der Waals surface area contributed by atoms with Gasteiger partial charge in [-0.15, -0.1) is 0 Å². The first-order chi connectivity index (χ1) is 17.7. The Balaban J connectivity index is 2.00. The Kier molecular flexibility index (Phi) is 7.02. The highest BCUT2D eigenvalue weighted by molar-refractivity contribution is 6.51. The molecule has 1 fully saturated rings. The van der Waals surface area contributed by atoms with Crippen molar-refractivity contribution in [2.24, 2.45) is 0 Å². The molecule has 0 aromatic heterocycles. The number of ether oxygens (including phenoxy) is 3. The van der Waals surface area contributed by atoms with E-state index in [1.54, 1.807) is 68.6 Å². The summed E-state index contributed by atoms with van der Waals surface area (Å²) in [5.41, 5.74) is 2.73. The van der Waals surface area contributed by atoms with Gasteiger partial charge >= 0.3 is 5.97 Å². The number of carbonyl (C=O) groups is 3. The first-order valence-electron chi connectivity index (χ1n) is 11.5. The van der Waals surface area contributed by atoms with Gasteiger partial charge in [0.25, 0.3) is 11.7 Å². The fraction of sp³-hybridized carbons (Fsp3) is 0.207. The van der Waals surface area contributed by atoms with Crippen LogP contribution in [0.4, 0.5) is 5.69 Å². The van der Waals surface area contributed by atoms with Crippen LogP contribution < -0.4 is 14.4 Å². The number of esters is 1. The lowest BCUT2D eigenvalue weighted by atomic mass is 9.92. The number of para-hydroxylation sites is 1. The van der Waals surface area contributed by atoms with Gasteiger partial charge in [-0.05, 0) is 61.4 Å². The molecular weight excluding hydrogens is 474 g/mol. The predicted octanol–water partition coefficient (Wildman–Crippen LogP) is 4.73. The second kappa shape index (κ2) is 10.2. The zero-order valence-corrected chi connectivity index (χ0v) is 21.2. The maximum Gasteiger partial charge on any atom is 0.337 e. The molecule has 190 valence electrons. The molecule has 3 aromatic carbocycles. The van der Waals surface area contributed by atoms with Gasteiger partial charge < -0.3 is 19.3 Å². The Labute approximate surface area is 214 Å². The van der Waals surface area contributed by atoms with Crippen LogP contribution in [0.2, 0.25) is 0 Å². The average Bonchev–Trinajstić information content (AvgIpc) is 3.18. The standard InChI is InChI=1S/C29H27NO7/c1-16-14-23(36-4)17(2)13-21(16)26(31)24-25(20-11-6-7-12-22(20)35-3)30(28(33)27(24)32)19-10-8-9-18(15-19)29(34)37-5/h6-15,25,31H,1-5H3/b26-24+. The summed E-state index contributed by atoms with van der Waals surface area (Å²) in [5, 5.41) is 11.5. The number of methoxy groups -OCH3 is 3. The molecule has 1 saturated heterocycles. The highest BCUT2D eigenvalue weighted by Gasteiger charge is 2.48. The minimum atomic E-state index is -1.02. The van der Waals surface area contributed by atoms with Crippen molar-refractivity contribution in [3.63, 3.8) is 0 Å². The van der Waals surface area contributed by atoms with E-state index >= 15 is 0 Å². The van der Waals surface area contributed by atoms with Crippen LogP contribution in [0.3, 0.4) is 0 Å². The van der Waals surface area contributed by atoms with E-state index in [-0.39, 0.29) is 16.9 Å². The van der Waals surface area contributed by atoms with Gasteiger partial charge in [0.1, 0.15) is 17.3 Å². The first kappa shape index (κ1) is 25.5. The number of rotatable bonds is 6. The molecule has 1 amide bonds. The molecule has 37 heavy (non-hydrogen) atoms. The average molecular weight is 502 g/mol. The van der Waals surface area contributed by atoms with E-state index in [9.17, 15) is 19.5 Å². The van der Waals surface area contributed by atoms with E-state index < -0.39 is 23.7 Å². The van der Waals surface area contributed by atoms with Crippen LogP contribution in [0.5, 0.6) is 11.5 Å². The van der Waals surface area contributed by atoms with Gasteiger partial charge in [0, 0.05) is 16.8 Å². The molecule has 3 aromatic rings. The van der Waals surface area contributed by atoms with Crippen molar-refractivity contribution in [1.82, 2.24) is 0 Å². The summed E-state index contributed by atoms with van der Waals surface area (Å²) >= 11 is 0. The predicted molar refractivity (Wildman–Crippen MR) is 138 cm³/mol. The molecule has 1 unspecified atom stereocenters. The Hall–Kier alpha value is -4.59. The number of carbonyl (C=O) groups excluding carboxylic acids is 3. The fourth-order valence-electron chi connectivity index (χ4n) is 4.60. The molecule has 1 aliphatic rings. The smallest absolute Gasteiger partial charge is 0.337 e. The number of anilines is 1. The second-order valence-corrected chi connectivity index (χ2v) is 8.59. The van der Waals surface area contributed by atoms with Gasteiger partial charge in [-0.3, -0.25) is 14.5 Å². The lowest BCUT2D eigenvalue weighted by Crippen LogP contribution is -2.29. The third-order valence-electron chi connectivity index (χ3n) is 6.42. The SMILES string of the molecule is COC(=O)c1cccc(N2C(=O)C(=O)/C(=C(/O)c3cc(C)c(OC)cc3C)C2c2ccccc2OC)c1. The highest BCUT2D eigenvalue weighted by Crippen LogP contribution is 2.45. The molecule has 0 bridgehead atoms. The topological polar surface area (TPSA) is 102 Å². The van der Waals surface area contributed by atoms with Crippen molar-refractivity contribution in [2.45, 2.75) is 19.9 Å². The maximum absolute atomic E-state index is 13.5. The molecule has 1 heterocycles. The molecule has 0 saturated carbocycles. The largest absolute Gasteiger partial charge is 0.507 e. The number of aliphatic hydroxyl groups is 1. The molecule has 4 rings (SSSR count). The zero-order valence-electron chi connectivity index (χ0n) is 21.2. The van der Waals surface area contributed by atoms with E-state index in [0.717, 1.165) is 5.56 Å². The normalized spacial score (nSPS) is 16.6. The second-order valence-electron chi connectivity index (χ2n) is 8.59. The third kappa shape index (κ3) is 4.42. The molecule has 8 heteroatoms. The van der Waals surface area contributed by atoms with Crippen LogP contribution >= 0.6 is 0 Å². The van der Waals surface area contributed by atoms with Crippen LogP contribution in [0.1, 0.15) is 38.7 Å². The van der Waals surface area contributed by atoms with Gasteiger partial charge in [0.05, 0.1) is 38.5 Å². The van der Waals surface area contributed by atoms with E-state index in [1.165, 1.54) is 25.2 Å². The summed E-state index contributed by atoms with van der Waals surface area (Å²) in [5.74, 6) is -1.54. The third-order valence-corrected chi connectivity index (χ3v) is 6.42. The number of amides is 1. The quantitative estimate of drug-likeness (QED) is 0.225. The minimum Gasteiger partial charge on any atom is -0.507 e. The number of ketones is 1. The Bertz CT molecular complexity index is 1440. The molecule has 1 aliphatic heterocycles. The van der Waals surface area contributed by atoms with Crippen molar-refractivity contribution < 1.29 is 33.7 Å². The summed E-state index contributed by atoms with van der Waals surface area (Å²) in [6.45, 7) is 3.61. The Morgan fingerprint density at radius 1 is 0.865 bits per heavy atom. The van der Waals surface area contributed by atoms with E-state index in [0.29, 0.717) is 33.9 Å². The Morgan fingerprint density at radius 3 is 2.24 bits per heavy atom. The molecule has 8 nitrogen and oxygen atoms in total. The lowest BCUT2D eigenvalue weighted by molar-refractivity contribution is -0.132. The van der Waals surface area contributed by atoms with Crippen LogP contribution in [0, 0.1) is 13.8 Å². The van der Waals surface area contributed by atoms with Gasteiger partial charge in [-0.1, -0.05) is 24.3 Å². The summed E-state index contributed by atoms with van der Waals surface area (Å²) in [6.07, 6.45) is 0. The van der Waals surface area contributed by atoms with Crippen molar-refractivity contribution in [3.8, 4) is 11.5 Å². The van der Waals surface area contributed by atoms with Crippen LogP contribution in [-0.4, -0.2) is 44.1 Å². The van der Waals surface area contributed by atoms with E-state index in [1.807, 2.05) is 6.92 Å². The van der Waals surface area contributed by atoms with Crippen LogP contribution in [0.15, 0.2) is 66.2 Å². The monoisotopic (exact) mass is 501 g/mol. The fourth-order valence-corrected chi connectivity index (χ4v) is 4.60. The minimum absolute atomic E-state index is 0.0920. The van der Waals surface area contributed by atoms with Crippen LogP contribution in [0.25, 0.3) is 5.76 Å². The van der Waals surface area contributed by atoms with Gasteiger partial charge in [0.2, 0.25) is 0 Å². The van der Waals surface area contributed by atoms with E-state index in [2.05, 4.69) is 0 Å². The number of nitrogens with zero attached hydrogens (tertiary/aromatic N) is 1. The van der Waals surface area contributed by atoms with Crippen molar-refractivity contribution in [1.29, 1.82) is 0 Å². The number of aryl methyl sites for hydroxylation is 2. The Morgan fingerprint density at radius 2 is 1.57 bits per heavy atom. The van der Waals surface area contributed by atoms with Crippen molar-refractivity contribution in [3.05, 3.63) is 94.1 Å². The van der Waals surface area contributed by atoms with Gasteiger partial charge in [-0.2, -0.15) is 0 Å². The van der Waals surface area contributed by atoms with Crippen molar-refractivity contribution in [2.75, 3.05) is 26.2 Å². The first-order valence-corrected chi connectivity index (χ1v) is 11.5. The summed E-state index contributed by atoms with van der Waals surface area (Å²) in [6, 6.07) is 15.7. The number of hydrogen-bond acceptors (Lipinski definition) is 7. The number of hydrogen-bond donors (Lipinski definition) is 1. The van der Waals surface area contributed by atoms with Gasteiger partial charge in [-0.25, -0.2) is 4.79 Å². The molecule has 0 spiro atoms. The summed E-state index contributed by atoms with van der Waals surface area (Å²) in [7, 11) is 4.30. The number of aliphatic hydroxyl groups excluding tert-OH is 1. The lowest BCUT2D eigenvalue weighted by Gasteiger charge is -2.27. The highest BCUT2D eigenvalue weighted by atomic mass is 16.5. The molecule has 0 radical (unpaired) electrons. The molecular formula is C29H27NO7. The van der Waals surface area contributed by atoms with E-state index in [4.69, 9.17) is 14.2 Å². The zero-order chi connectivity index (χ0) is 26.9. The van der Waals surface area contributed by atoms with Gasteiger partial charge in [0.15, 0.2) is 0 Å². The summed E-state index contributed by atoms with van der Waals surface area (Å²) in [4.78, 5) is 40.5. The molecule has 1 N–H and O–H groups in total. The van der Waals surface area contributed by atoms with Crippen LogP contribution in [-0.2, 0) is 14.3 Å². The molecule has 1 atom stereocenters. The summed E-state index contributed by atoms with van der Waals surface area (Å²) < 4.78 is 15.8.